The van der Waals surface area contributed by atoms with Crippen molar-refractivity contribution in [1.29, 1.82) is 0 Å². The van der Waals surface area contributed by atoms with Crippen molar-refractivity contribution in [2.24, 2.45) is 5.73 Å². The van der Waals surface area contributed by atoms with Gasteiger partial charge in [-0.3, -0.25) is 0 Å². The molecule has 0 aliphatic heterocycles. The topological polar surface area (TPSA) is 48.1 Å². The molecule has 3 rings (SSSR count). The van der Waals surface area contributed by atoms with Crippen molar-refractivity contribution in [3.63, 3.8) is 0 Å². The fourth-order valence-corrected chi connectivity index (χ4v) is 2.85. The van der Waals surface area contributed by atoms with E-state index in [0.29, 0.717) is 5.88 Å². The van der Waals surface area contributed by atoms with Crippen LogP contribution >= 0.6 is 0 Å². The lowest BCUT2D eigenvalue weighted by Crippen LogP contribution is -2.41. The lowest BCUT2D eigenvalue weighted by atomic mass is 9.64. The van der Waals surface area contributed by atoms with E-state index in [4.69, 9.17) is 10.5 Å². The molecule has 0 atom stereocenters. The minimum Gasteiger partial charge on any atom is -0.481 e. The normalized spacial score (nSPS) is 17.4. The molecule has 0 radical (unpaired) electrons. The first-order valence-corrected chi connectivity index (χ1v) is 6.42. The van der Waals surface area contributed by atoms with Gasteiger partial charge in [-0.2, -0.15) is 0 Å². The lowest BCUT2D eigenvalue weighted by molar-refractivity contribution is 0.253. The highest BCUT2D eigenvalue weighted by molar-refractivity contribution is 5.87. The Morgan fingerprint density at radius 1 is 1.33 bits per heavy atom. The molecule has 0 bridgehead atoms. The van der Waals surface area contributed by atoms with Crippen LogP contribution in [0, 0.1) is 0 Å². The van der Waals surface area contributed by atoms with Crippen LogP contribution in [0.15, 0.2) is 30.5 Å². The molecule has 1 aromatic heterocycles. The Morgan fingerprint density at radius 2 is 2.17 bits per heavy atom. The Labute approximate surface area is 107 Å². The Balaban J connectivity index is 2.15. The first kappa shape index (κ1) is 11.5. The summed E-state index contributed by atoms with van der Waals surface area (Å²) in [5.74, 6) is 0.695. The van der Waals surface area contributed by atoms with Crippen molar-refractivity contribution in [2.75, 3.05) is 13.7 Å². The molecular formula is C15H18N2O. The minimum atomic E-state index is 0.190. The highest BCUT2D eigenvalue weighted by Gasteiger charge is 2.37. The second kappa shape index (κ2) is 4.25. The average Bonchev–Trinajstić information content (AvgIpc) is 2.37. The molecule has 1 aliphatic rings. The maximum atomic E-state index is 5.97. The zero-order valence-corrected chi connectivity index (χ0v) is 10.6. The number of nitrogens with two attached hydrogens (primary N) is 1. The lowest BCUT2D eigenvalue weighted by Gasteiger charge is -2.41. The van der Waals surface area contributed by atoms with Crippen molar-refractivity contribution < 1.29 is 4.74 Å². The molecule has 1 saturated carbocycles. The van der Waals surface area contributed by atoms with E-state index in [9.17, 15) is 0 Å². The van der Waals surface area contributed by atoms with Crippen molar-refractivity contribution in [1.82, 2.24) is 4.98 Å². The molecule has 18 heavy (non-hydrogen) atoms. The summed E-state index contributed by atoms with van der Waals surface area (Å²) in [7, 11) is 1.66. The summed E-state index contributed by atoms with van der Waals surface area (Å²) in [5, 5.41) is 2.24. The van der Waals surface area contributed by atoms with Crippen LogP contribution in [0.25, 0.3) is 10.8 Å². The van der Waals surface area contributed by atoms with E-state index in [1.54, 1.807) is 13.3 Å². The zero-order chi connectivity index (χ0) is 12.6. The van der Waals surface area contributed by atoms with Crippen LogP contribution in [0.2, 0.25) is 0 Å². The Hall–Kier alpha value is -1.61. The fourth-order valence-electron chi connectivity index (χ4n) is 2.85. The van der Waals surface area contributed by atoms with Gasteiger partial charge in [0.25, 0.3) is 0 Å². The van der Waals surface area contributed by atoms with Crippen LogP contribution in [0.1, 0.15) is 24.8 Å². The number of fused-ring (bicyclic) bond motifs is 1. The average molecular weight is 242 g/mol. The minimum absolute atomic E-state index is 0.190. The molecule has 0 amide bonds. The number of benzene rings is 1. The molecule has 1 aliphatic carbocycles. The molecule has 2 N–H and O–H groups in total. The van der Waals surface area contributed by atoms with E-state index in [1.807, 2.05) is 6.07 Å². The summed E-state index contributed by atoms with van der Waals surface area (Å²) in [6.45, 7) is 0.723. The number of aromatic nitrogens is 1. The zero-order valence-electron chi connectivity index (χ0n) is 10.6. The summed E-state index contributed by atoms with van der Waals surface area (Å²) < 4.78 is 5.34. The van der Waals surface area contributed by atoms with Gasteiger partial charge in [-0.25, -0.2) is 4.98 Å². The van der Waals surface area contributed by atoms with E-state index >= 15 is 0 Å². The van der Waals surface area contributed by atoms with Gasteiger partial charge in [-0.1, -0.05) is 18.6 Å². The van der Waals surface area contributed by atoms with Gasteiger partial charge >= 0.3 is 0 Å². The van der Waals surface area contributed by atoms with Gasteiger partial charge in [0.15, 0.2) is 0 Å². The van der Waals surface area contributed by atoms with Gasteiger partial charge in [0.05, 0.1) is 7.11 Å². The third-order valence-corrected chi connectivity index (χ3v) is 4.24. The molecular weight excluding hydrogens is 224 g/mol. The van der Waals surface area contributed by atoms with Crippen LogP contribution in [0.4, 0.5) is 0 Å². The molecule has 2 aromatic rings. The Kier molecular flexibility index (Phi) is 2.71. The number of pyridine rings is 1. The summed E-state index contributed by atoms with van der Waals surface area (Å²) in [4.78, 5) is 4.26. The van der Waals surface area contributed by atoms with Gasteiger partial charge in [-0.15, -0.1) is 0 Å². The summed E-state index contributed by atoms with van der Waals surface area (Å²) in [5.41, 5.74) is 7.49. The van der Waals surface area contributed by atoms with E-state index in [0.717, 1.165) is 17.3 Å². The fraction of sp³-hybridized carbons (Fsp3) is 0.400. The molecule has 3 heteroatoms. The summed E-state index contributed by atoms with van der Waals surface area (Å²) >= 11 is 0. The predicted molar refractivity (Wildman–Crippen MR) is 72.9 cm³/mol. The third kappa shape index (κ3) is 1.58. The number of ether oxygens (including phenoxy) is 1. The third-order valence-electron chi connectivity index (χ3n) is 4.24. The maximum Gasteiger partial charge on any atom is 0.221 e. The Bertz CT molecular complexity index is 570. The highest BCUT2D eigenvalue weighted by Crippen LogP contribution is 2.43. The number of hydrogen-bond donors (Lipinski definition) is 1. The van der Waals surface area contributed by atoms with E-state index in [1.165, 1.54) is 24.8 Å². The SMILES string of the molecule is COc1nccc2ccc(C3(CN)CCC3)cc12. The van der Waals surface area contributed by atoms with Gasteiger partial charge in [0.1, 0.15) is 0 Å². The number of methoxy groups -OCH3 is 1. The molecule has 1 aromatic carbocycles. The summed E-state index contributed by atoms with van der Waals surface area (Å²) in [6, 6.07) is 8.56. The van der Waals surface area contributed by atoms with Gasteiger partial charge in [-0.05, 0) is 35.9 Å². The van der Waals surface area contributed by atoms with Crippen LogP contribution in [0.5, 0.6) is 5.88 Å². The van der Waals surface area contributed by atoms with Crippen LogP contribution in [0.3, 0.4) is 0 Å². The van der Waals surface area contributed by atoms with E-state index in [2.05, 4.69) is 23.2 Å². The van der Waals surface area contributed by atoms with E-state index in [-0.39, 0.29) is 5.41 Å². The Morgan fingerprint density at radius 3 is 2.78 bits per heavy atom. The molecule has 1 fully saturated rings. The molecule has 1 heterocycles. The van der Waals surface area contributed by atoms with Crippen LogP contribution in [-0.2, 0) is 5.41 Å². The smallest absolute Gasteiger partial charge is 0.221 e. The second-order valence-corrected chi connectivity index (χ2v) is 5.09. The molecule has 0 unspecified atom stereocenters. The second-order valence-electron chi connectivity index (χ2n) is 5.09. The van der Waals surface area contributed by atoms with E-state index < -0.39 is 0 Å². The van der Waals surface area contributed by atoms with Crippen molar-refractivity contribution in [3.05, 3.63) is 36.0 Å². The number of hydrogen-bond acceptors (Lipinski definition) is 3. The standard InChI is InChI=1S/C15H18N2O/c1-18-14-13-9-12(15(10-16)6-2-7-15)4-3-11(13)5-8-17-14/h3-5,8-9H,2,6-7,10,16H2,1H3. The van der Waals surface area contributed by atoms with Gasteiger partial charge in [0, 0.05) is 23.5 Å². The van der Waals surface area contributed by atoms with Gasteiger partial charge < -0.3 is 10.5 Å². The molecule has 0 spiro atoms. The quantitative estimate of drug-likeness (QED) is 0.900. The van der Waals surface area contributed by atoms with Crippen LogP contribution in [-0.4, -0.2) is 18.6 Å². The monoisotopic (exact) mass is 242 g/mol. The van der Waals surface area contributed by atoms with Crippen LogP contribution < -0.4 is 10.5 Å². The first-order chi connectivity index (χ1) is 8.79. The highest BCUT2D eigenvalue weighted by atomic mass is 16.5. The number of rotatable bonds is 3. The predicted octanol–water partition coefficient (Wildman–Crippen LogP) is 2.62. The molecule has 0 saturated heterocycles. The molecule has 94 valence electrons. The van der Waals surface area contributed by atoms with Gasteiger partial charge in [0.2, 0.25) is 5.88 Å². The first-order valence-electron chi connectivity index (χ1n) is 6.42. The molecule has 3 nitrogen and oxygen atoms in total. The largest absolute Gasteiger partial charge is 0.481 e. The van der Waals surface area contributed by atoms with Crippen molar-refractivity contribution in [2.45, 2.75) is 24.7 Å². The summed E-state index contributed by atoms with van der Waals surface area (Å²) in [6.07, 6.45) is 5.44. The number of nitrogens with zero attached hydrogens (tertiary/aromatic N) is 1. The maximum absolute atomic E-state index is 5.97. The van der Waals surface area contributed by atoms with Crippen molar-refractivity contribution >= 4 is 10.8 Å². The van der Waals surface area contributed by atoms with Crippen molar-refractivity contribution in [3.8, 4) is 5.88 Å².